The average molecular weight is 412 g/mol. The number of hydrogen-bond donors (Lipinski definition) is 0. The van der Waals surface area contributed by atoms with Crippen LogP contribution in [-0.4, -0.2) is 42.9 Å². The largest absolute Gasteiger partial charge is 0.364 e. The fraction of sp³-hybridized carbons (Fsp3) is 0.636. The van der Waals surface area contributed by atoms with Gasteiger partial charge in [0.2, 0.25) is 0 Å². The number of fused-ring (bicyclic) bond motifs is 1. The van der Waals surface area contributed by atoms with Crippen LogP contribution in [0.4, 0.5) is 0 Å². The molecule has 1 atom stereocenters. The van der Waals surface area contributed by atoms with Crippen molar-refractivity contribution in [1.29, 1.82) is 0 Å². The summed E-state index contributed by atoms with van der Waals surface area (Å²) in [7, 11) is 0. The van der Waals surface area contributed by atoms with Crippen molar-refractivity contribution >= 4 is 0 Å². The Morgan fingerprint density at radius 3 is 2.80 bits per heavy atom. The van der Waals surface area contributed by atoms with Crippen LogP contribution in [0.1, 0.15) is 49.9 Å². The van der Waals surface area contributed by atoms with Crippen LogP contribution in [0.3, 0.4) is 0 Å². The number of rotatable bonds is 4. The van der Waals surface area contributed by atoms with Gasteiger partial charge in [0.25, 0.3) is 0 Å². The Balaban J connectivity index is 1.32. The third-order valence-corrected chi connectivity index (χ3v) is 6.84. The van der Waals surface area contributed by atoms with E-state index in [-0.39, 0.29) is 6.61 Å². The monoisotopic (exact) mass is 411 g/mol. The van der Waals surface area contributed by atoms with Crippen molar-refractivity contribution in [3.63, 3.8) is 0 Å². The lowest BCUT2D eigenvalue weighted by molar-refractivity contribution is -0.0860. The summed E-state index contributed by atoms with van der Waals surface area (Å²) in [6.07, 6.45) is 10.4. The first-order valence-corrected chi connectivity index (χ1v) is 11.1. The normalized spacial score (nSPS) is 24.9. The van der Waals surface area contributed by atoms with E-state index >= 15 is 0 Å². The van der Waals surface area contributed by atoms with E-state index in [9.17, 15) is 9.59 Å². The van der Waals surface area contributed by atoms with Crippen LogP contribution in [0.25, 0.3) is 0 Å². The standard InChI is InChI=1S/C22H29N5O3/c28-20-21(29)27(13-17-5-2-1-3-6-17)24-19-14-30-22(16-26(19)20)8-10-25(15-22)12-18-7-4-9-23-11-18/h4,7,9,11,17H,1-3,5-6,8,10,12-16H2/t22-/m0/s1. The van der Waals surface area contributed by atoms with Crippen LogP contribution < -0.4 is 11.1 Å². The van der Waals surface area contributed by atoms with Crippen LogP contribution in [0.2, 0.25) is 0 Å². The van der Waals surface area contributed by atoms with Crippen molar-refractivity contribution in [1.82, 2.24) is 24.2 Å². The minimum atomic E-state index is -0.494. The average Bonchev–Trinajstić information content (AvgIpc) is 3.16. The molecule has 1 aliphatic carbocycles. The van der Waals surface area contributed by atoms with Gasteiger partial charge in [0.15, 0.2) is 5.82 Å². The van der Waals surface area contributed by atoms with Crippen molar-refractivity contribution in [2.75, 3.05) is 13.1 Å². The molecule has 30 heavy (non-hydrogen) atoms. The van der Waals surface area contributed by atoms with E-state index in [0.717, 1.165) is 44.5 Å². The summed E-state index contributed by atoms with van der Waals surface area (Å²) in [5.74, 6) is 1.02. The summed E-state index contributed by atoms with van der Waals surface area (Å²) < 4.78 is 9.23. The van der Waals surface area contributed by atoms with E-state index in [1.807, 2.05) is 12.3 Å². The summed E-state index contributed by atoms with van der Waals surface area (Å²) in [4.78, 5) is 32.1. The molecule has 1 saturated heterocycles. The highest BCUT2D eigenvalue weighted by Crippen LogP contribution is 2.32. The van der Waals surface area contributed by atoms with E-state index in [2.05, 4.69) is 21.0 Å². The minimum Gasteiger partial charge on any atom is -0.364 e. The molecule has 3 aliphatic rings. The lowest BCUT2D eigenvalue weighted by Gasteiger charge is -2.35. The molecule has 0 aromatic carbocycles. The van der Waals surface area contributed by atoms with Gasteiger partial charge in [-0.3, -0.25) is 24.0 Å². The van der Waals surface area contributed by atoms with Crippen LogP contribution in [0.5, 0.6) is 0 Å². The first-order valence-electron chi connectivity index (χ1n) is 11.1. The maximum absolute atomic E-state index is 12.9. The summed E-state index contributed by atoms with van der Waals surface area (Å²) in [5.41, 5.74) is -0.214. The fourth-order valence-corrected chi connectivity index (χ4v) is 5.20. The SMILES string of the molecule is O=c1c(=O)n2c(nn1CC1CCCCC1)CO[C@]1(CCN(Cc3cccnc3)C1)C2. The molecule has 160 valence electrons. The molecule has 4 heterocycles. The first kappa shape index (κ1) is 19.6. The van der Waals surface area contributed by atoms with Crippen LogP contribution in [0, 0.1) is 5.92 Å². The van der Waals surface area contributed by atoms with Crippen LogP contribution >= 0.6 is 0 Å². The second-order valence-corrected chi connectivity index (χ2v) is 9.09. The summed E-state index contributed by atoms with van der Waals surface area (Å²) in [5, 5.41) is 4.53. The summed E-state index contributed by atoms with van der Waals surface area (Å²) >= 11 is 0. The summed E-state index contributed by atoms with van der Waals surface area (Å²) in [6.45, 7) is 3.66. The smallest absolute Gasteiger partial charge is 0.332 e. The number of likely N-dealkylation sites (tertiary alicyclic amines) is 1. The van der Waals surface area contributed by atoms with E-state index < -0.39 is 16.7 Å². The third-order valence-electron chi connectivity index (χ3n) is 6.84. The number of aromatic nitrogens is 4. The van der Waals surface area contributed by atoms with Gasteiger partial charge < -0.3 is 4.74 Å². The highest BCUT2D eigenvalue weighted by Gasteiger charge is 2.43. The highest BCUT2D eigenvalue weighted by molar-refractivity contribution is 5.10. The third kappa shape index (κ3) is 3.86. The van der Waals surface area contributed by atoms with E-state index in [1.165, 1.54) is 23.9 Å². The molecular weight excluding hydrogens is 382 g/mol. The molecule has 2 fully saturated rings. The number of ether oxygens (including phenoxy) is 1. The molecule has 0 radical (unpaired) electrons. The van der Waals surface area contributed by atoms with Gasteiger partial charge in [0.1, 0.15) is 12.2 Å². The van der Waals surface area contributed by atoms with E-state index in [0.29, 0.717) is 24.8 Å². The molecule has 8 nitrogen and oxygen atoms in total. The second-order valence-electron chi connectivity index (χ2n) is 9.09. The summed E-state index contributed by atoms with van der Waals surface area (Å²) in [6, 6.07) is 4.01. The van der Waals surface area contributed by atoms with Crippen molar-refractivity contribution < 1.29 is 4.74 Å². The Hall–Kier alpha value is -2.32. The minimum absolute atomic E-state index is 0.279. The molecule has 5 rings (SSSR count). The Labute approximate surface area is 175 Å². The van der Waals surface area contributed by atoms with Crippen molar-refractivity contribution in [2.45, 2.75) is 70.4 Å². The maximum atomic E-state index is 12.9. The van der Waals surface area contributed by atoms with Gasteiger partial charge in [0.05, 0.1) is 6.54 Å². The van der Waals surface area contributed by atoms with E-state index in [1.54, 1.807) is 10.8 Å². The highest BCUT2D eigenvalue weighted by atomic mass is 16.5. The molecule has 1 saturated carbocycles. The predicted octanol–water partition coefficient (Wildman–Crippen LogP) is 1.56. The zero-order valence-corrected chi connectivity index (χ0v) is 17.3. The van der Waals surface area contributed by atoms with Crippen molar-refractivity contribution in [3.8, 4) is 0 Å². The molecule has 1 spiro atoms. The number of nitrogens with zero attached hydrogens (tertiary/aromatic N) is 5. The number of hydrogen-bond acceptors (Lipinski definition) is 6. The lowest BCUT2D eigenvalue weighted by atomic mass is 9.89. The molecule has 2 aromatic rings. The van der Waals surface area contributed by atoms with Gasteiger partial charge in [0, 0.05) is 38.6 Å². The van der Waals surface area contributed by atoms with Crippen LogP contribution in [0.15, 0.2) is 34.1 Å². The fourth-order valence-electron chi connectivity index (χ4n) is 5.20. The van der Waals surface area contributed by atoms with Gasteiger partial charge in [-0.1, -0.05) is 25.3 Å². The maximum Gasteiger partial charge on any atom is 0.332 e. The molecule has 8 heteroatoms. The number of pyridine rings is 1. The molecule has 0 unspecified atom stereocenters. The quantitative estimate of drug-likeness (QED) is 0.710. The van der Waals surface area contributed by atoms with Gasteiger partial charge in [-0.2, -0.15) is 5.10 Å². The van der Waals surface area contributed by atoms with E-state index in [4.69, 9.17) is 4.74 Å². The Morgan fingerprint density at radius 2 is 2.00 bits per heavy atom. The Morgan fingerprint density at radius 1 is 1.13 bits per heavy atom. The van der Waals surface area contributed by atoms with Gasteiger partial charge in [-0.15, -0.1) is 0 Å². The van der Waals surface area contributed by atoms with Crippen molar-refractivity contribution in [2.24, 2.45) is 5.92 Å². The molecule has 2 aliphatic heterocycles. The molecular formula is C22H29N5O3. The first-order chi connectivity index (χ1) is 14.6. The topological polar surface area (TPSA) is 82.2 Å². The molecule has 0 amide bonds. The zero-order valence-electron chi connectivity index (χ0n) is 17.3. The molecule has 0 bridgehead atoms. The molecule has 2 aromatic heterocycles. The second kappa shape index (κ2) is 8.07. The lowest BCUT2D eigenvalue weighted by Crippen LogP contribution is -2.53. The Bertz CT molecular complexity index is 1010. The van der Waals surface area contributed by atoms with Gasteiger partial charge >= 0.3 is 11.1 Å². The van der Waals surface area contributed by atoms with Gasteiger partial charge in [-0.05, 0) is 36.8 Å². The predicted molar refractivity (Wildman–Crippen MR) is 111 cm³/mol. The van der Waals surface area contributed by atoms with Crippen LogP contribution in [-0.2, 0) is 31.0 Å². The zero-order chi connectivity index (χ0) is 20.6. The Kier molecular flexibility index (Phi) is 5.28. The van der Waals surface area contributed by atoms with Gasteiger partial charge in [-0.25, -0.2) is 4.68 Å². The van der Waals surface area contributed by atoms with Crippen molar-refractivity contribution in [3.05, 3.63) is 56.6 Å². The molecule has 0 N–H and O–H groups in total.